The first kappa shape index (κ1) is 19.0. The fraction of sp³-hybridized carbons (Fsp3) is 0.333. The minimum absolute atomic E-state index is 0.330. The Morgan fingerprint density at radius 3 is 2.79 bits per heavy atom. The van der Waals surface area contributed by atoms with E-state index in [1.807, 2.05) is 12.1 Å². The molecule has 1 aliphatic carbocycles. The number of pyridine rings is 2. The normalized spacial score (nSPS) is 17.8. The third kappa shape index (κ3) is 3.96. The van der Waals surface area contributed by atoms with Gasteiger partial charge in [-0.15, -0.1) is 0 Å². The van der Waals surface area contributed by atoms with Crippen LogP contribution < -0.4 is 15.0 Å². The summed E-state index contributed by atoms with van der Waals surface area (Å²) in [4.78, 5) is 24.7. The second kappa shape index (κ2) is 7.62. The quantitative estimate of drug-likeness (QED) is 0.638. The van der Waals surface area contributed by atoms with Gasteiger partial charge in [-0.25, -0.2) is 9.37 Å². The Morgan fingerprint density at radius 1 is 1.28 bits per heavy atom. The number of ether oxygens (including phenoxy) is 2. The van der Waals surface area contributed by atoms with Crippen molar-refractivity contribution in [3.8, 4) is 22.8 Å². The number of nitrogens with zero attached hydrogens (tertiary/aromatic N) is 4. The van der Waals surface area contributed by atoms with E-state index in [0.717, 1.165) is 17.9 Å². The number of rotatable bonds is 6. The van der Waals surface area contributed by atoms with E-state index in [1.54, 1.807) is 32.6 Å². The molecule has 0 amide bonds. The van der Waals surface area contributed by atoms with E-state index in [0.29, 0.717) is 41.3 Å². The Balaban J connectivity index is 1.51. The van der Waals surface area contributed by atoms with Crippen LogP contribution in [0.4, 0.5) is 4.39 Å². The molecule has 0 saturated heterocycles. The van der Waals surface area contributed by atoms with E-state index in [1.165, 1.54) is 17.7 Å². The minimum atomic E-state index is -0.829. The largest absolute Gasteiger partial charge is 0.495 e. The molecule has 0 aromatic carbocycles. The van der Waals surface area contributed by atoms with Crippen molar-refractivity contribution in [3.63, 3.8) is 0 Å². The first-order valence-corrected chi connectivity index (χ1v) is 9.29. The van der Waals surface area contributed by atoms with Crippen LogP contribution in [0.15, 0.2) is 41.6 Å². The van der Waals surface area contributed by atoms with Gasteiger partial charge in [0.1, 0.15) is 11.6 Å². The predicted octanol–water partition coefficient (Wildman–Crippen LogP) is 2.88. The second-order valence-corrected chi connectivity index (χ2v) is 7.16. The number of aryl methyl sites for hydroxylation is 2. The molecule has 3 aromatic heterocycles. The third-order valence-corrected chi connectivity index (χ3v) is 5.06. The lowest BCUT2D eigenvalue weighted by Gasteiger charge is -2.12. The van der Waals surface area contributed by atoms with Crippen molar-refractivity contribution in [2.75, 3.05) is 13.7 Å². The van der Waals surface area contributed by atoms with Gasteiger partial charge in [0, 0.05) is 42.5 Å². The van der Waals surface area contributed by atoms with Crippen LogP contribution in [-0.4, -0.2) is 33.2 Å². The maximum Gasteiger partial charge on any atom is 0.286 e. The van der Waals surface area contributed by atoms with Gasteiger partial charge in [0.05, 0.1) is 25.5 Å². The van der Waals surface area contributed by atoms with Gasteiger partial charge in [-0.3, -0.25) is 9.78 Å². The van der Waals surface area contributed by atoms with E-state index in [9.17, 15) is 9.18 Å². The van der Waals surface area contributed by atoms with Crippen LogP contribution in [0.2, 0.25) is 0 Å². The summed E-state index contributed by atoms with van der Waals surface area (Å²) in [6.45, 7) is 2.23. The summed E-state index contributed by atoms with van der Waals surface area (Å²) in [7, 11) is 3.11. The predicted molar refractivity (Wildman–Crippen MR) is 105 cm³/mol. The molecule has 0 spiro atoms. The fourth-order valence-electron chi connectivity index (χ4n) is 3.29. The second-order valence-electron chi connectivity index (χ2n) is 7.16. The number of methoxy groups -OCH3 is 1. The number of hydrogen-bond acceptors (Lipinski definition) is 6. The monoisotopic (exact) mass is 396 g/mol. The lowest BCUT2D eigenvalue weighted by molar-refractivity contribution is 0.285. The minimum Gasteiger partial charge on any atom is -0.495 e. The van der Waals surface area contributed by atoms with Gasteiger partial charge in [-0.05, 0) is 31.5 Å². The molecule has 1 aliphatic rings. The highest BCUT2D eigenvalue weighted by molar-refractivity contribution is 5.66. The third-order valence-electron chi connectivity index (χ3n) is 5.06. The maximum absolute atomic E-state index is 13.9. The van der Waals surface area contributed by atoms with Crippen LogP contribution >= 0.6 is 0 Å². The van der Waals surface area contributed by atoms with Crippen molar-refractivity contribution >= 4 is 0 Å². The lowest BCUT2D eigenvalue weighted by atomic mass is 10.1. The van der Waals surface area contributed by atoms with Crippen LogP contribution in [-0.2, 0) is 7.05 Å². The van der Waals surface area contributed by atoms with Crippen LogP contribution in [0.3, 0.4) is 0 Å². The first-order valence-electron chi connectivity index (χ1n) is 9.29. The zero-order chi connectivity index (χ0) is 20.5. The highest BCUT2D eigenvalue weighted by Gasteiger charge is 2.40. The maximum atomic E-state index is 13.9. The Morgan fingerprint density at radius 2 is 2.10 bits per heavy atom. The molecule has 150 valence electrons. The van der Waals surface area contributed by atoms with Crippen LogP contribution in [0.1, 0.15) is 23.9 Å². The van der Waals surface area contributed by atoms with Crippen LogP contribution in [0, 0.1) is 18.7 Å². The van der Waals surface area contributed by atoms with Gasteiger partial charge < -0.3 is 14.0 Å². The van der Waals surface area contributed by atoms with E-state index in [4.69, 9.17) is 9.47 Å². The lowest BCUT2D eigenvalue weighted by Crippen LogP contribution is -2.19. The highest BCUT2D eigenvalue weighted by Crippen LogP contribution is 2.47. The van der Waals surface area contributed by atoms with Gasteiger partial charge in [0.2, 0.25) is 5.88 Å². The van der Waals surface area contributed by atoms with Crippen LogP contribution in [0.5, 0.6) is 11.6 Å². The summed E-state index contributed by atoms with van der Waals surface area (Å²) in [5.74, 6) is 1.50. The summed E-state index contributed by atoms with van der Waals surface area (Å²) in [5.41, 5.74) is 1.37. The van der Waals surface area contributed by atoms with Gasteiger partial charge in [0.15, 0.2) is 5.82 Å². The molecule has 0 bridgehead atoms. The molecule has 1 saturated carbocycles. The molecule has 0 N–H and O–H groups in total. The standard InChI is InChI=1S/C21H21FN4O3/c1-12-23-9-17(13-7-18(22)21(27)26(2)10-13)20(25-12)29-11-14-6-16(14)19-5-4-15(28-3)8-24-19/h4-5,7-10,14,16H,6,11H2,1-3H3/t14?,16-/m1/s1. The molecule has 8 heteroatoms. The smallest absolute Gasteiger partial charge is 0.286 e. The van der Waals surface area contributed by atoms with Crippen LogP contribution in [0.25, 0.3) is 11.1 Å². The molecule has 4 rings (SSSR count). The van der Waals surface area contributed by atoms with Gasteiger partial charge in [-0.2, -0.15) is 4.98 Å². The average molecular weight is 396 g/mol. The number of aromatic nitrogens is 4. The Labute approximate surface area is 167 Å². The number of hydrogen-bond donors (Lipinski definition) is 0. The van der Waals surface area contributed by atoms with E-state index in [2.05, 4.69) is 15.0 Å². The molecular weight excluding hydrogens is 375 g/mol. The molecule has 1 unspecified atom stereocenters. The van der Waals surface area contributed by atoms with Crippen molar-refractivity contribution in [2.24, 2.45) is 13.0 Å². The van der Waals surface area contributed by atoms with Gasteiger partial charge in [-0.1, -0.05) is 0 Å². The van der Waals surface area contributed by atoms with E-state index in [-0.39, 0.29) is 0 Å². The molecule has 7 nitrogen and oxygen atoms in total. The highest BCUT2D eigenvalue weighted by atomic mass is 19.1. The fourth-order valence-corrected chi connectivity index (χ4v) is 3.29. The summed E-state index contributed by atoms with van der Waals surface area (Å²) >= 11 is 0. The van der Waals surface area contributed by atoms with Gasteiger partial charge >= 0.3 is 0 Å². The Kier molecular flexibility index (Phi) is 5.00. The molecular formula is C21H21FN4O3. The molecule has 2 atom stereocenters. The zero-order valence-electron chi connectivity index (χ0n) is 16.4. The van der Waals surface area contributed by atoms with Crippen molar-refractivity contribution < 1.29 is 13.9 Å². The SMILES string of the molecule is COc1ccc([C@@H]2CC2COc2nc(C)ncc2-c2cc(F)c(=O)n(C)c2)nc1. The molecule has 3 aromatic rings. The Hall–Kier alpha value is -3.29. The molecule has 29 heavy (non-hydrogen) atoms. The van der Waals surface area contributed by atoms with E-state index >= 15 is 0 Å². The van der Waals surface area contributed by atoms with Crippen molar-refractivity contribution in [1.29, 1.82) is 0 Å². The summed E-state index contributed by atoms with van der Waals surface area (Å²) in [5, 5.41) is 0. The van der Waals surface area contributed by atoms with Crippen molar-refractivity contribution in [3.05, 3.63) is 64.5 Å². The zero-order valence-corrected chi connectivity index (χ0v) is 16.4. The van der Waals surface area contributed by atoms with Crippen molar-refractivity contribution in [2.45, 2.75) is 19.3 Å². The molecule has 1 fully saturated rings. The number of halogens is 1. The molecule has 0 aliphatic heterocycles. The topological polar surface area (TPSA) is 79.1 Å². The first-order chi connectivity index (χ1) is 14.0. The summed E-state index contributed by atoms with van der Waals surface area (Å²) in [6, 6.07) is 5.06. The molecule has 0 radical (unpaired) electrons. The summed E-state index contributed by atoms with van der Waals surface area (Å²) < 4.78 is 26.3. The van der Waals surface area contributed by atoms with Crippen molar-refractivity contribution in [1.82, 2.24) is 19.5 Å². The summed E-state index contributed by atoms with van der Waals surface area (Å²) in [6.07, 6.45) is 5.83. The van der Waals surface area contributed by atoms with Gasteiger partial charge in [0.25, 0.3) is 5.56 Å². The Bertz CT molecular complexity index is 1070. The molecule has 3 heterocycles. The van der Waals surface area contributed by atoms with E-state index < -0.39 is 11.4 Å². The average Bonchev–Trinajstić information content (AvgIpc) is 3.50.